The van der Waals surface area contributed by atoms with Gasteiger partial charge >= 0.3 is 5.97 Å². The minimum Gasteiger partial charge on any atom is -0.493 e. The predicted octanol–water partition coefficient (Wildman–Crippen LogP) is 1.49. The van der Waals surface area contributed by atoms with E-state index in [1.54, 1.807) is 12.1 Å². The Morgan fingerprint density at radius 3 is 3.05 bits per heavy atom. The van der Waals surface area contributed by atoms with Crippen molar-refractivity contribution in [3.63, 3.8) is 0 Å². The Hall–Kier alpha value is -2.77. The molecular weight excluding hydrogens is 280 g/mol. The summed E-state index contributed by atoms with van der Waals surface area (Å²) in [5, 5.41) is 12.5. The quantitative estimate of drug-likeness (QED) is 0.883. The lowest BCUT2D eigenvalue weighted by atomic mass is 10.1. The number of ether oxygens (including phenoxy) is 3. The second-order valence-electron chi connectivity index (χ2n) is 4.32. The molecule has 1 N–H and O–H groups in total. The zero-order chi connectivity index (χ0) is 14.8. The highest BCUT2D eigenvalue weighted by atomic mass is 16.7. The molecule has 8 heteroatoms. The third kappa shape index (κ3) is 2.60. The van der Waals surface area contributed by atoms with Crippen LogP contribution in [-0.2, 0) is 11.2 Å². The number of aromatic nitrogens is 2. The van der Waals surface area contributed by atoms with Crippen molar-refractivity contribution in [3.05, 3.63) is 18.0 Å². The molecule has 2 aromatic rings. The first-order valence-electron chi connectivity index (χ1n) is 6.20. The number of hydrogen-bond acceptors (Lipinski definition) is 7. The Balaban J connectivity index is 1.88. The Bertz CT molecular complexity index is 681. The van der Waals surface area contributed by atoms with Crippen molar-refractivity contribution in [2.24, 2.45) is 0 Å². The van der Waals surface area contributed by atoms with Crippen molar-refractivity contribution in [2.75, 3.05) is 13.9 Å². The summed E-state index contributed by atoms with van der Waals surface area (Å²) in [5.41, 5.74) is 0.640. The van der Waals surface area contributed by atoms with E-state index >= 15 is 0 Å². The highest BCUT2D eigenvalue weighted by Gasteiger charge is 2.22. The molecule has 1 aliphatic heterocycles. The van der Waals surface area contributed by atoms with Crippen LogP contribution >= 0.6 is 0 Å². The van der Waals surface area contributed by atoms with E-state index in [-0.39, 0.29) is 25.5 Å². The van der Waals surface area contributed by atoms with E-state index in [9.17, 15) is 4.79 Å². The number of nitrogens with zero attached hydrogens (tertiary/aromatic N) is 2. The third-order valence-electron chi connectivity index (χ3n) is 2.94. The Morgan fingerprint density at radius 2 is 2.29 bits per heavy atom. The van der Waals surface area contributed by atoms with Crippen LogP contribution in [0.2, 0.25) is 0 Å². The van der Waals surface area contributed by atoms with Crippen LogP contribution in [0.1, 0.15) is 12.3 Å². The second kappa shape index (κ2) is 5.31. The summed E-state index contributed by atoms with van der Waals surface area (Å²) in [6.07, 6.45) is 0.121. The molecular formula is C13H12N2O6. The number of aliphatic carboxylic acids is 1. The summed E-state index contributed by atoms with van der Waals surface area (Å²) in [5.74, 6) is 1.28. The van der Waals surface area contributed by atoms with Crippen molar-refractivity contribution in [1.29, 1.82) is 0 Å². The van der Waals surface area contributed by atoms with Gasteiger partial charge in [-0.25, -0.2) is 0 Å². The maximum absolute atomic E-state index is 10.5. The highest BCUT2D eigenvalue weighted by molar-refractivity contribution is 5.68. The van der Waals surface area contributed by atoms with Crippen molar-refractivity contribution in [3.8, 4) is 28.6 Å². The monoisotopic (exact) mass is 292 g/mol. The molecule has 0 bridgehead atoms. The smallest absolute Gasteiger partial charge is 0.303 e. The van der Waals surface area contributed by atoms with Crippen molar-refractivity contribution >= 4 is 5.97 Å². The first kappa shape index (κ1) is 13.2. The van der Waals surface area contributed by atoms with Gasteiger partial charge in [0.25, 0.3) is 0 Å². The van der Waals surface area contributed by atoms with Gasteiger partial charge in [-0.15, -0.1) is 0 Å². The number of fused-ring (bicyclic) bond motifs is 1. The molecule has 1 aliphatic rings. The summed E-state index contributed by atoms with van der Waals surface area (Å²) >= 11 is 0. The highest BCUT2D eigenvalue weighted by Crippen LogP contribution is 2.43. The fourth-order valence-electron chi connectivity index (χ4n) is 1.95. The van der Waals surface area contributed by atoms with Gasteiger partial charge in [-0.05, 0) is 12.1 Å². The number of benzene rings is 1. The summed E-state index contributed by atoms with van der Waals surface area (Å²) < 4.78 is 20.9. The molecule has 110 valence electrons. The summed E-state index contributed by atoms with van der Waals surface area (Å²) in [4.78, 5) is 14.7. The van der Waals surface area contributed by atoms with Crippen LogP contribution in [0.5, 0.6) is 17.2 Å². The molecule has 0 saturated carbocycles. The van der Waals surface area contributed by atoms with E-state index in [4.69, 9.17) is 23.8 Å². The average Bonchev–Trinajstić information content (AvgIpc) is 3.12. The van der Waals surface area contributed by atoms with Gasteiger partial charge in [0.15, 0.2) is 11.5 Å². The largest absolute Gasteiger partial charge is 0.493 e. The summed E-state index contributed by atoms with van der Waals surface area (Å²) in [6, 6.07) is 3.43. The van der Waals surface area contributed by atoms with E-state index in [1.165, 1.54) is 7.11 Å². The maximum Gasteiger partial charge on any atom is 0.303 e. The SMILES string of the molecule is COc1cc(-c2noc(CCC(=O)O)n2)cc2c1OCO2. The predicted molar refractivity (Wildman–Crippen MR) is 68.4 cm³/mol. The molecule has 0 saturated heterocycles. The van der Waals surface area contributed by atoms with Crippen LogP contribution in [0.15, 0.2) is 16.7 Å². The third-order valence-corrected chi connectivity index (χ3v) is 2.94. The lowest BCUT2D eigenvalue weighted by Crippen LogP contribution is -1.97. The number of carbonyl (C=O) groups is 1. The number of carboxylic acids is 1. The van der Waals surface area contributed by atoms with Crippen LogP contribution in [0, 0.1) is 0 Å². The Kier molecular flexibility index (Phi) is 3.35. The van der Waals surface area contributed by atoms with E-state index in [2.05, 4.69) is 10.1 Å². The standard InChI is InChI=1S/C13H12N2O6/c1-18-8-4-7(5-9-12(8)20-6-19-9)13-14-10(21-15-13)2-3-11(16)17/h4-5H,2-3,6H2,1H3,(H,16,17). The molecule has 0 amide bonds. The number of methoxy groups -OCH3 is 1. The molecule has 0 unspecified atom stereocenters. The van der Waals surface area contributed by atoms with Crippen LogP contribution < -0.4 is 14.2 Å². The van der Waals surface area contributed by atoms with E-state index in [0.717, 1.165) is 0 Å². The van der Waals surface area contributed by atoms with Crippen molar-refractivity contribution < 1.29 is 28.6 Å². The molecule has 8 nitrogen and oxygen atoms in total. The van der Waals surface area contributed by atoms with E-state index in [0.29, 0.717) is 28.6 Å². The zero-order valence-corrected chi connectivity index (χ0v) is 11.2. The topological polar surface area (TPSA) is 104 Å². The first-order chi connectivity index (χ1) is 10.2. The van der Waals surface area contributed by atoms with Gasteiger partial charge in [0.05, 0.1) is 13.5 Å². The van der Waals surface area contributed by atoms with Crippen LogP contribution in [0.25, 0.3) is 11.4 Å². The Morgan fingerprint density at radius 1 is 1.43 bits per heavy atom. The maximum atomic E-state index is 10.5. The van der Waals surface area contributed by atoms with Crippen LogP contribution in [0.3, 0.4) is 0 Å². The molecule has 0 atom stereocenters. The van der Waals surface area contributed by atoms with Gasteiger partial charge < -0.3 is 23.8 Å². The number of aryl methyl sites for hydroxylation is 1. The number of rotatable bonds is 5. The van der Waals surface area contributed by atoms with Crippen molar-refractivity contribution in [2.45, 2.75) is 12.8 Å². The number of carboxylic acid groups (broad SMARTS) is 1. The molecule has 0 spiro atoms. The fraction of sp³-hybridized carbons (Fsp3) is 0.308. The zero-order valence-electron chi connectivity index (χ0n) is 11.2. The van der Waals surface area contributed by atoms with Gasteiger partial charge in [-0.1, -0.05) is 5.16 Å². The average molecular weight is 292 g/mol. The molecule has 2 heterocycles. The van der Waals surface area contributed by atoms with Gasteiger partial charge in [0.2, 0.25) is 24.3 Å². The summed E-state index contributed by atoms with van der Waals surface area (Å²) in [6.45, 7) is 0.130. The van der Waals surface area contributed by atoms with E-state index < -0.39 is 5.97 Å². The van der Waals surface area contributed by atoms with Crippen LogP contribution in [0.4, 0.5) is 0 Å². The second-order valence-corrected chi connectivity index (χ2v) is 4.32. The Labute approximate surface area is 119 Å². The summed E-state index contributed by atoms with van der Waals surface area (Å²) in [7, 11) is 1.52. The number of hydrogen-bond donors (Lipinski definition) is 1. The molecule has 3 rings (SSSR count). The molecule has 0 aliphatic carbocycles. The normalized spacial score (nSPS) is 12.4. The first-order valence-corrected chi connectivity index (χ1v) is 6.20. The van der Waals surface area contributed by atoms with E-state index in [1.807, 2.05) is 0 Å². The minimum absolute atomic E-state index is 0.0634. The van der Waals surface area contributed by atoms with Gasteiger partial charge in [0, 0.05) is 12.0 Å². The van der Waals surface area contributed by atoms with Crippen molar-refractivity contribution in [1.82, 2.24) is 10.1 Å². The minimum atomic E-state index is -0.917. The lowest BCUT2D eigenvalue weighted by molar-refractivity contribution is -0.137. The lowest BCUT2D eigenvalue weighted by Gasteiger charge is -2.05. The van der Waals surface area contributed by atoms with Gasteiger partial charge in [-0.2, -0.15) is 4.98 Å². The molecule has 0 radical (unpaired) electrons. The molecule has 0 fully saturated rings. The van der Waals surface area contributed by atoms with Gasteiger partial charge in [-0.3, -0.25) is 4.79 Å². The fourth-order valence-corrected chi connectivity index (χ4v) is 1.95. The molecule has 1 aromatic heterocycles. The van der Waals surface area contributed by atoms with Crippen LogP contribution in [-0.4, -0.2) is 35.1 Å². The van der Waals surface area contributed by atoms with Gasteiger partial charge in [0.1, 0.15) is 0 Å². The molecule has 1 aromatic carbocycles. The molecule has 21 heavy (non-hydrogen) atoms.